The van der Waals surface area contributed by atoms with Crippen molar-refractivity contribution in [2.75, 3.05) is 26.2 Å². The van der Waals surface area contributed by atoms with Gasteiger partial charge in [0.2, 0.25) is 10.0 Å². The van der Waals surface area contributed by atoms with Crippen LogP contribution in [0.25, 0.3) is 0 Å². The third-order valence-electron chi connectivity index (χ3n) is 5.53. The number of piperazine rings is 1. The van der Waals surface area contributed by atoms with Crippen molar-refractivity contribution in [2.45, 2.75) is 30.7 Å². The lowest BCUT2D eigenvalue weighted by atomic mass is 10.1. The third kappa shape index (κ3) is 3.77. The molecule has 2 aromatic rings. The first-order valence-electron chi connectivity index (χ1n) is 9.39. The summed E-state index contributed by atoms with van der Waals surface area (Å²) in [5.74, 6) is 0. The Bertz CT molecular complexity index is 969. The Kier molecular flexibility index (Phi) is 5.00. The maximum atomic E-state index is 13.0. The molecular formula is C21H23N3O2S. The number of fused-ring (bicyclic) bond motifs is 1. The predicted octanol–water partition coefficient (Wildman–Crippen LogP) is 2.55. The van der Waals surface area contributed by atoms with Crippen molar-refractivity contribution in [1.82, 2.24) is 9.21 Å². The molecule has 27 heavy (non-hydrogen) atoms. The SMILES string of the molecule is N#Cc1ccc(CN2CCN(S(=O)(=O)c3ccc4c(c3)CCC4)CC2)cc1. The Morgan fingerprint density at radius 1 is 0.926 bits per heavy atom. The molecule has 140 valence electrons. The summed E-state index contributed by atoms with van der Waals surface area (Å²) in [5.41, 5.74) is 4.28. The second kappa shape index (κ2) is 7.43. The molecule has 0 amide bonds. The molecule has 0 atom stereocenters. The number of sulfonamides is 1. The fourth-order valence-electron chi connectivity index (χ4n) is 3.93. The van der Waals surface area contributed by atoms with Crippen molar-refractivity contribution in [2.24, 2.45) is 0 Å². The van der Waals surface area contributed by atoms with Gasteiger partial charge in [-0.1, -0.05) is 18.2 Å². The normalized spacial score (nSPS) is 18.2. The van der Waals surface area contributed by atoms with Crippen LogP contribution < -0.4 is 0 Å². The van der Waals surface area contributed by atoms with Crippen molar-refractivity contribution in [3.05, 3.63) is 64.7 Å². The maximum Gasteiger partial charge on any atom is 0.243 e. The molecule has 4 rings (SSSR count). The van der Waals surface area contributed by atoms with Gasteiger partial charge in [-0.2, -0.15) is 9.57 Å². The molecule has 1 aliphatic carbocycles. The number of nitrogens with zero attached hydrogens (tertiary/aromatic N) is 3. The Morgan fingerprint density at radius 2 is 1.63 bits per heavy atom. The molecule has 5 nitrogen and oxygen atoms in total. The molecule has 0 aromatic heterocycles. The largest absolute Gasteiger partial charge is 0.296 e. The fraction of sp³-hybridized carbons (Fsp3) is 0.381. The van der Waals surface area contributed by atoms with Gasteiger partial charge < -0.3 is 0 Å². The second-order valence-corrected chi connectivity index (χ2v) is 9.21. The topological polar surface area (TPSA) is 64.4 Å². The molecule has 1 fully saturated rings. The number of nitriles is 1. The van der Waals surface area contributed by atoms with Crippen molar-refractivity contribution >= 4 is 10.0 Å². The number of aryl methyl sites for hydroxylation is 2. The first-order chi connectivity index (χ1) is 13.1. The van der Waals surface area contributed by atoms with Gasteiger partial charge in [-0.3, -0.25) is 4.90 Å². The predicted molar refractivity (Wildman–Crippen MR) is 104 cm³/mol. The second-order valence-electron chi connectivity index (χ2n) is 7.27. The van der Waals surface area contributed by atoms with E-state index in [9.17, 15) is 8.42 Å². The van der Waals surface area contributed by atoms with Crippen molar-refractivity contribution in [3.63, 3.8) is 0 Å². The van der Waals surface area contributed by atoms with Crippen molar-refractivity contribution in [1.29, 1.82) is 5.26 Å². The van der Waals surface area contributed by atoms with E-state index in [0.29, 0.717) is 36.6 Å². The summed E-state index contributed by atoms with van der Waals surface area (Å²) in [6.07, 6.45) is 3.16. The minimum Gasteiger partial charge on any atom is -0.296 e. The molecule has 2 aromatic carbocycles. The number of benzene rings is 2. The van der Waals surface area contributed by atoms with Crippen LogP contribution in [0, 0.1) is 11.3 Å². The highest BCUT2D eigenvalue weighted by atomic mass is 32.2. The van der Waals surface area contributed by atoms with E-state index in [4.69, 9.17) is 5.26 Å². The molecule has 6 heteroatoms. The average Bonchev–Trinajstić information content (AvgIpc) is 3.17. The summed E-state index contributed by atoms with van der Waals surface area (Å²) in [6.45, 7) is 3.22. The fourth-order valence-corrected chi connectivity index (χ4v) is 5.40. The van der Waals surface area contributed by atoms with E-state index in [1.54, 1.807) is 10.4 Å². The van der Waals surface area contributed by atoms with Gasteiger partial charge in [-0.25, -0.2) is 8.42 Å². The number of hydrogen-bond acceptors (Lipinski definition) is 4. The van der Waals surface area contributed by atoms with E-state index in [1.807, 2.05) is 36.4 Å². The van der Waals surface area contributed by atoms with Crippen LogP contribution in [0.5, 0.6) is 0 Å². The molecule has 2 aliphatic rings. The quantitative estimate of drug-likeness (QED) is 0.816. The molecular weight excluding hydrogens is 358 g/mol. The van der Waals surface area contributed by atoms with Crippen LogP contribution in [0.3, 0.4) is 0 Å². The van der Waals surface area contributed by atoms with Gasteiger partial charge in [0.05, 0.1) is 16.5 Å². The smallest absolute Gasteiger partial charge is 0.243 e. The first kappa shape index (κ1) is 18.2. The van der Waals surface area contributed by atoms with Gasteiger partial charge in [-0.15, -0.1) is 0 Å². The zero-order chi connectivity index (χ0) is 18.9. The molecule has 0 radical (unpaired) electrons. The van der Waals surface area contributed by atoms with Gasteiger partial charge in [0, 0.05) is 32.7 Å². The highest BCUT2D eigenvalue weighted by Crippen LogP contribution is 2.26. The monoisotopic (exact) mass is 381 g/mol. The lowest BCUT2D eigenvalue weighted by Crippen LogP contribution is -2.48. The number of rotatable bonds is 4. The van der Waals surface area contributed by atoms with Crippen LogP contribution in [0.1, 0.15) is 28.7 Å². The lowest BCUT2D eigenvalue weighted by Gasteiger charge is -2.34. The minimum atomic E-state index is -3.42. The van der Waals surface area contributed by atoms with Crippen LogP contribution in [-0.4, -0.2) is 43.8 Å². The molecule has 0 bridgehead atoms. The highest BCUT2D eigenvalue weighted by molar-refractivity contribution is 7.89. The van der Waals surface area contributed by atoms with Crippen LogP contribution in [0.2, 0.25) is 0 Å². The van der Waals surface area contributed by atoms with E-state index < -0.39 is 10.0 Å². The van der Waals surface area contributed by atoms with Crippen LogP contribution in [-0.2, 0) is 29.4 Å². The van der Waals surface area contributed by atoms with Gasteiger partial charge in [-0.05, 0) is 60.2 Å². The zero-order valence-corrected chi connectivity index (χ0v) is 16.1. The van der Waals surface area contributed by atoms with Crippen LogP contribution in [0.15, 0.2) is 47.4 Å². The molecule has 1 heterocycles. The Morgan fingerprint density at radius 3 is 2.33 bits per heavy atom. The first-order valence-corrected chi connectivity index (χ1v) is 10.8. The van der Waals surface area contributed by atoms with Gasteiger partial charge in [0.1, 0.15) is 0 Å². The van der Waals surface area contributed by atoms with E-state index in [-0.39, 0.29) is 0 Å². The summed E-state index contributed by atoms with van der Waals surface area (Å²) in [5, 5.41) is 8.88. The van der Waals surface area contributed by atoms with E-state index in [0.717, 1.165) is 31.4 Å². The molecule has 1 aliphatic heterocycles. The summed E-state index contributed by atoms with van der Waals surface area (Å²) in [4.78, 5) is 2.69. The Balaban J connectivity index is 1.40. The van der Waals surface area contributed by atoms with E-state index in [2.05, 4.69) is 11.0 Å². The van der Waals surface area contributed by atoms with Crippen LogP contribution in [0.4, 0.5) is 0 Å². The summed E-state index contributed by atoms with van der Waals surface area (Å²) >= 11 is 0. The summed E-state index contributed by atoms with van der Waals surface area (Å²) < 4.78 is 27.6. The van der Waals surface area contributed by atoms with Crippen LogP contribution >= 0.6 is 0 Å². The van der Waals surface area contributed by atoms with Gasteiger partial charge in [0.25, 0.3) is 0 Å². The van der Waals surface area contributed by atoms with Crippen molar-refractivity contribution < 1.29 is 8.42 Å². The minimum absolute atomic E-state index is 0.434. The Hall–Kier alpha value is -2.20. The standard InChI is InChI=1S/C21H23N3O2S/c22-15-17-4-6-18(7-5-17)16-23-10-12-24(13-11-23)27(25,26)21-9-8-19-2-1-3-20(19)14-21/h4-9,14H,1-3,10-13,16H2. The third-order valence-corrected chi connectivity index (χ3v) is 7.42. The van der Waals surface area contributed by atoms with Gasteiger partial charge >= 0.3 is 0 Å². The summed E-state index contributed by atoms with van der Waals surface area (Å²) in [7, 11) is -3.42. The molecule has 1 saturated heterocycles. The van der Waals surface area contributed by atoms with Crippen molar-refractivity contribution in [3.8, 4) is 6.07 Å². The molecule has 0 unspecified atom stereocenters. The average molecular weight is 382 g/mol. The van der Waals surface area contributed by atoms with E-state index >= 15 is 0 Å². The molecule has 0 spiro atoms. The number of hydrogen-bond donors (Lipinski definition) is 0. The van der Waals surface area contributed by atoms with E-state index in [1.165, 1.54) is 11.1 Å². The van der Waals surface area contributed by atoms with Gasteiger partial charge in [0.15, 0.2) is 0 Å². The molecule has 0 N–H and O–H groups in total. The maximum absolute atomic E-state index is 13.0. The Labute approximate surface area is 160 Å². The molecule has 0 saturated carbocycles. The highest BCUT2D eigenvalue weighted by Gasteiger charge is 2.29. The summed E-state index contributed by atoms with van der Waals surface area (Å²) in [6, 6.07) is 15.3. The lowest BCUT2D eigenvalue weighted by molar-refractivity contribution is 0.181. The zero-order valence-electron chi connectivity index (χ0n) is 15.3.